The molecule has 1 atom stereocenters. The molecule has 0 heterocycles. The topological polar surface area (TPSA) is 59.6 Å². The van der Waals surface area contributed by atoms with Gasteiger partial charge in [0.2, 0.25) is 0 Å². The van der Waals surface area contributed by atoms with Crippen molar-refractivity contribution in [1.29, 1.82) is 10.5 Å². The van der Waals surface area contributed by atoms with E-state index in [0.29, 0.717) is 17.7 Å². The van der Waals surface area contributed by atoms with Crippen LogP contribution >= 0.6 is 0 Å². The molecule has 0 saturated carbocycles. The van der Waals surface area contributed by atoms with E-state index in [2.05, 4.69) is 104 Å². The van der Waals surface area contributed by atoms with Crippen LogP contribution in [0.3, 0.4) is 0 Å². The second kappa shape index (κ2) is 13.2. The van der Waals surface area contributed by atoms with Gasteiger partial charge < -0.3 is 5.32 Å². The van der Waals surface area contributed by atoms with Crippen LogP contribution in [0.2, 0.25) is 0 Å². The quantitative estimate of drug-likeness (QED) is 0.230. The molecule has 0 aliphatic rings. The molecule has 3 heteroatoms. The number of hydrogen-bond donors (Lipinski definition) is 1. The lowest BCUT2D eigenvalue weighted by atomic mass is 9.90. The maximum atomic E-state index is 10.0. The summed E-state index contributed by atoms with van der Waals surface area (Å²) in [6.45, 7) is 6.78. The average Bonchev–Trinajstić information content (AvgIpc) is 2.98. The molecule has 4 aromatic rings. The zero-order valence-corrected chi connectivity index (χ0v) is 22.8. The van der Waals surface area contributed by atoms with Gasteiger partial charge in [0.15, 0.2) is 0 Å². The molecule has 0 saturated heterocycles. The predicted octanol–water partition coefficient (Wildman–Crippen LogP) is 8.86. The molecular formula is C36H33N3. The standard InChI is InChI=1S/C36H33N3/c1-4-6-7-8-12-28(5-2)36(39-25-27-17-18-31(23-37)26(3)21-27)30-19-20-32(24-38)35(22-30)34-16-11-14-29-13-9-10-15-33(29)34/h5-22,36,39H,4,25H2,1-3H3/b7-6+,12-8-,28-5+. The Bertz CT molecular complexity index is 1640. The lowest BCUT2D eigenvalue weighted by Crippen LogP contribution is -2.22. The van der Waals surface area contributed by atoms with E-state index in [0.717, 1.165) is 50.6 Å². The molecule has 1 unspecified atom stereocenters. The highest BCUT2D eigenvalue weighted by atomic mass is 14.9. The number of nitriles is 2. The largest absolute Gasteiger partial charge is 0.302 e. The van der Waals surface area contributed by atoms with Gasteiger partial charge in [0.05, 0.1) is 29.3 Å². The zero-order valence-electron chi connectivity index (χ0n) is 22.8. The Morgan fingerprint density at radius 3 is 2.38 bits per heavy atom. The Morgan fingerprint density at radius 1 is 0.872 bits per heavy atom. The summed E-state index contributed by atoms with van der Waals surface area (Å²) < 4.78 is 0. The third kappa shape index (κ3) is 6.42. The van der Waals surface area contributed by atoms with E-state index in [1.807, 2.05) is 43.3 Å². The SMILES string of the molecule is C\C=C(/C=C\C=C\CC)C(NCc1ccc(C#N)c(C)c1)c1ccc(C#N)c(-c2cccc3ccccc23)c1. The smallest absolute Gasteiger partial charge is 0.0998 e. The van der Waals surface area contributed by atoms with Crippen LogP contribution in [0, 0.1) is 29.6 Å². The fraction of sp³-hybridized carbons (Fsp3) is 0.167. The number of rotatable bonds is 9. The lowest BCUT2D eigenvalue weighted by molar-refractivity contribution is 0.603. The second-order valence-corrected chi connectivity index (χ2v) is 9.50. The first-order chi connectivity index (χ1) is 19.1. The summed E-state index contributed by atoms with van der Waals surface area (Å²) in [6.07, 6.45) is 11.5. The summed E-state index contributed by atoms with van der Waals surface area (Å²) in [6, 6.07) is 31.2. The minimum Gasteiger partial charge on any atom is -0.302 e. The van der Waals surface area contributed by atoms with Crippen LogP contribution in [-0.4, -0.2) is 0 Å². The fourth-order valence-electron chi connectivity index (χ4n) is 4.87. The molecule has 4 rings (SSSR count). The molecule has 0 aromatic heterocycles. The molecule has 192 valence electrons. The highest BCUT2D eigenvalue weighted by Gasteiger charge is 2.18. The van der Waals surface area contributed by atoms with Crippen molar-refractivity contribution >= 4 is 10.8 Å². The van der Waals surface area contributed by atoms with E-state index in [-0.39, 0.29) is 6.04 Å². The summed E-state index contributed by atoms with van der Waals surface area (Å²) in [5, 5.41) is 25.4. The van der Waals surface area contributed by atoms with Crippen LogP contribution in [0.1, 0.15) is 54.1 Å². The van der Waals surface area contributed by atoms with Gasteiger partial charge in [-0.05, 0) is 77.1 Å². The maximum Gasteiger partial charge on any atom is 0.0998 e. The van der Waals surface area contributed by atoms with Gasteiger partial charge in [0.1, 0.15) is 0 Å². The highest BCUT2D eigenvalue weighted by molar-refractivity contribution is 5.97. The van der Waals surface area contributed by atoms with Crippen LogP contribution in [-0.2, 0) is 6.54 Å². The molecule has 0 fully saturated rings. The lowest BCUT2D eigenvalue weighted by Gasteiger charge is -2.22. The molecule has 0 radical (unpaired) electrons. The van der Waals surface area contributed by atoms with Crippen LogP contribution in [0.15, 0.2) is 115 Å². The van der Waals surface area contributed by atoms with Crippen molar-refractivity contribution in [2.75, 3.05) is 0 Å². The van der Waals surface area contributed by atoms with E-state index >= 15 is 0 Å². The van der Waals surface area contributed by atoms with Crippen LogP contribution in [0.4, 0.5) is 0 Å². The molecular weight excluding hydrogens is 474 g/mol. The number of fused-ring (bicyclic) bond motifs is 1. The first kappa shape index (κ1) is 27.3. The maximum absolute atomic E-state index is 10.0. The number of aryl methyl sites for hydroxylation is 1. The molecule has 0 bridgehead atoms. The summed E-state index contributed by atoms with van der Waals surface area (Å²) >= 11 is 0. The fourth-order valence-corrected chi connectivity index (χ4v) is 4.87. The Balaban J connectivity index is 1.79. The molecule has 0 spiro atoms. The third-order valence-electron chi connectivity index (χ3n) is 6.94. The second-order valence-electron chi connectivity index (χ2n) is 9.50. The van der Waals surface area contributed by atoms with Gasteiger partial charge in [0, 0.05) is 12.1 Å². The van der Waals surface area contributed by atoms with E-state index in [4.69, 9.17) is 0 Å². The Kier molecular flexibility index (Phi) is 9.25. The van der Waals surface area contributed by atoms with Crippen LogP contribution < -0.4 is 5.32 Å². The van der Waals surface area contributed by atoms with Gasteiger partial charge in [-0.25, -0.2) is 0 Å². The zero-order chi connectivity index (χ0) is 27.6. The molecule has 0 aliphatic carbocycles. The summed E-state index contributed by atoms with van der Waals surface area (Å²) in [4.78, 5) is 0. The summed E-state index contributed by atoms with van der Waals surface area (Å²) in [5.41, 5.74) is 7.64. The van der Waals surface area contributed by atoms with E-state index in [1.54, 1.807) is 0 Å². The monoisotopic (exact) mass is 507 g/mol. The Hall–Kier alpha value is -4.70. The summed E-state index contributed by atoms with van der Waals surface area (Å²) in [5.74, 6) is 0. The molecule has 3 nitrogen and oxygen atoms in total. The first-order valence-corrected chi connectivity index (χ1v) is 13.3. The molecule has 4 aromatic carbocycles. The van der Waals surface area contributed by atoms with Crippen molar-refractivity contribution in [2.45, 2.75) is 39.8 Å². The van der Waals surface area contributed by atoms with Gasteiger partial charge in [-0.1, -0.05) is 98.0 Å². The Morgan fingerprint density at radius 2 is 1.64 bits per heavy atom. The third-order valence-corrected chi connectivity index (χ3v) is 6.94. The molecule has 39 heavy (non-hydrogen) atoms. The number of hydrogen-bond acceptors (Lipinski definition) is 3. The van der Waals surface area contributed by atoms with Crippen LogP contribution in [0.25, 0.3) is 21.9 Å². The minimum atomic E-state index is -0.0984. The number of nitrogens with one attached hydrogen (secondary N) is 1. The van der Waals surface area contributed by atoms with E-state index in [1.165, 1.54) is 0 Å². The average molecular weight is 508 g/mol. The molecule has 1 N–H and O–H groups in total. The van der Waals surface area contributed by atoms with Gasteiger partial charge in [-0.3, -0.25) is 0 Å². The number of benzene rings is 4. The van der Waals surface area contributed by atoms with Crippen molar-refractivity contribution in [3.05, 3.63) is 143 Å². The van der Waals surface area contributed by atoms with E-state index < -0.39 is 0 Å². The number of allylic oxidation sites excluding steroid dienone is 4. The number of nitrogens with zero attached hydrogens (tertiary/aromatic N) is 2. The molecule has 0 amide bonds. The predicted molar refractivity (Wildman–Crippen MR) is 162 cm³/mol. The van der Waals surface area contributed by atoms with Gasteiger partial charge in [-0.2, -0.15) is 10.5 Å². The Labute approximate surface area is 232 Å². The van der Waals surface area contributed by atoms with Gasteiger partial charge in [0.25, 0.3) is 0 Å². The first-order valence-electron chi connectivity index (χ1n) is 13.3. The van der Waals surface area contributed by atoms with Crippen molar-refractivity contribution in [1.82, 2.24) is 5.32 Å². The van der Waals surface area contributed by atoms with Crippen molar-refractivity contribution in [3.8, 4) is 23.3 Å². The minimum absolute atomic E-state index is 0.0984. The van der Waals surface area contributed by atoms with Crippen LogP contribution in [0.5, 0.6) is 0 Å². The van der Waals surface area contributed by atoms with Gasteiger partial charge >= 0.3 is 0 Å². The normalized spacial score (nSPS) is 12.6. The molecule has 0 aliphatic heterocycles. The van der Waals surface area contributed by atoms with Crippen molar-refractivity contribution in [3.63, 3.8) is 0 Å². The highest BCUT2D eigenvalue weighted by Crippen LogP contribution is 2.34. The summed E-state index contributed by atoms with van der Waals surface area (Å²) in [7, 11) is 0. The van der Waals surface area contributed by atoms with Crippen molar-refractivity contribution in [2.24, 2.45) is 0 Å². The van der Waals surface area contributed by atoms with E-state index in [9.17, 15) is 10.5 Å². The van der Waals surface area contributed by atoms with Gasteiger partial charge in [-0.15, -0.1) is 0 Å². The van der Waals surface area contributed by atoms with Crippen molar-refractivity contribution < 1.29 is 0 Å².